The van der Waals surface area contributed by atoms with E-state index in [1.807, 2.05) is 30.5 Å². The number of aryl methyl sites for hydroxylation is 1. The molecule has 34 heavy (non-hydrogen) atoms. The molecule has 0 atom stereocenters. The van der Waals surface area contributed by atoms with Crippen molar-refractivity contribution in [3.8, 4) is 5.69 Å². The average molecular weight is 482 g/mol. The van der Waals surface area contributed by atoms with Gasteiger partial charge < -0.3 is 15.0 Å². The fourth-order valence-electron chi connectivity index (χ4n) is 3.89. The van der Waals surface area contributed by atoms with Gasteiger partial charge in [-0.25, -0.2) is 13.8 Å². The molecule has 0 saturated carbocycles. The van der Waals surface area contributed by atoms with Crippen LogP contribution in [-0.4, -0.2) is 55.7 Å². The molecule has 2 aromatic carbocycles. The molecule has 0 unspecified atom stereocenters. The number of nitrogen functional groups attached to an aromatic ring is 1. The lowest BCUT2D eigenvalue weighted by molar-refractivity contribution is 0.0730. The number of carbonyl (C=O) groups is 1. The Labute approximate surface area is 198 Å². The Kier molecular flexibility index (Phi) is 6.82. The summed E-state index contributed by atoms with van der Waals surface area (Å²) in [4.78, 5) is 12.5. The van der Waals surface area contributed by atoms with Crippen LogP contribution < -0.4 is 11.2 Å². The second-order valence-electron chi connectivity index (χ2n) is 8.00. The Hall–Kier alpha value is -3.47. The maximum Gasteiger partial charge on any atom is 0.271 e. The van der Waals surface area contributed by atoms with Crippen molar-refractivity contribution in [1.82, 2.24) is 14.3 Å². The van der Waals surface area contributed by atoms with E-state index in [-0.39, 0.29) is 10.8 Å². The number of carbonyl (C=O) groups excluding carboxylic acids is 1. The minimum Gasteiger partial charge on any atom is -0.399 e. The fourth-order valence-corrected chi connectivity index (χ4v) is 5.34. The number of nitrogens with zero attached hydrogens (tertiary/aromatic N) is 3. The minimum atomic E-state index is -3.61. The molecular weight excluding hydrogens is 454 g/mol. The molecule has 1 saturated heterocycles. The number of sulfonamides is 1. The lowest BCUT2D eigenvalue weighted by atomic mass is 10.2. The van der Waals surface area contributed by atoms with Crippen LogP contribution in [0.25, 0.3) is 5.69 Å². The predicted molar refractivity (Wildman–Crippen MR) is 131 cm³/mol. The van der Waals surface area contributed by atoms with E-state index in [2.05, 4.69) is 10.5 Å². The largest absolute Gasteiger partial charge is 0.399 e. The maximum absolute atomic E-state index is 13.1. The first-order valence-corrected chi connectivity index (χ1v) is 12.3. The van der Waals surface area contributed by atoms with Gasteiger partial charge >= 0.3 is 0 Å². The first-order valence-electron chi connectivity index (χ1n) is 10.8. The quantitative estimate of drug-likeness (QED) is 0.318. The second kappa shape index (κ2) is 9.80. The van der Waals surface area contributed by atoms with Crippen LogP contribution >= 0.6 is 0 Å². The van der Waals surface area contributed by atoms with Gasteiger partial charge in [-0.1, -0.05) is 6.07 Å². The predicted octanol–water partition coefficient (Wildman–Crippen LogP) is 2.46. The van der Waals surface area contributed by atoms with Crippen LogP contribution in [0.1, 0.15) is 27.3 Å². The Bertz CT molecular complexity index is 1320. The fraction of sp³-hybridized carbons (Fsp3) is 0.250. The van der Waals surface area contributed by atoms with Gasteiger partial charge in [0, 0.05) is 47.0 Å². The van der Waals surface area contributed by atoms with Gasteiger partial charge in [0.1, 0.15) is 0 Å². The molecule has 0 radical (unpaired) electrons. The van der Waals surface area contributed by atoms with Gasteiger partial charge in [0.05, 0.1) is 24.3 Å². The molecule has 10 heteroatoms. The molecule has 9 nitrogen and oxygen atoms in total. The summed E-state index contributed by atoms with van der Waals surface area (Å²) in [6, 6.07) is 15.4. The zero-order valence-corrected chi connectivity index (χ0v) is 19.9. The summed E-state index contributed by atoms with van der Waals surface area (Å²) >= 11 is 0. The van der Waals surface area contributed by atoms with E-state index in [0.29, 0.717) is 37.6 Å². The molecule has 2 heterocycles. The van der Waals surface area contributed by atoms with Crippen LogP contribution in [0.5, 0.6) is 0 Å². The molecule has 0 spiro atoms. The van der Waals surface area contributed by atoms with Gasteiger partial charge in [-0.05, 0) is 62.4 Å². The number of hydrogen-bond acceptors (Lipinski definition) is 6. The third kappa shape index (κ3) is 4.89. The number of aromatic nitrogens is 1. The normalized spacial score (nSPS) is 15.0. The van der Waals surface area contributed by atoms with E-state index in [9.17, 15) is 13.2 Å². The number of benzene rings is 2. The Morgan fingerprint density at radius 1 is 1.09 bits per heavy atom. The molecule has 0 bridgehead atoms. The van der Waals surface area contributed by atoms with Crippen LogP contribution in [0.15, 0.2) is 64.6 Å². The second-order valence-corrected chi connectivity index (χ2v) is 9.93. The summed E-state index contributed by atoms with van der Waals surface area (Å²) in [5.41, 5.74) is 12.5. The zero-order chi connectivity index (χ0) is 24.3. The van der Waals surface area contributed by atoms with Gasteiger partial charge in [0.25, 0.3) is 5.91 Å². The molecule has 4 rings (SSSR count). The highest BCUT2D eigenvalue weighted by Gasteiger charge is 2.26. The van der Waals surface area contributed by atoms with Crippen LogP contribution in [-0.2, 0) is 14.8 Å². The molecule has 1 aliphatic rings. The van der Waals surface area contributed by atoms with Crippen molar-refractivity contribution in [3.63, 3.8) is 0 Å². The topological polar surface area (TPSA) is 119 Å². The number of morpholine rings is 1. The summed E-state index contributed by atoms with van der Waals surface area (Å²) in [5, 5.41) is 4.08. The third-order valence-electron chi connectivity index (χ3n) is 5.70. The molecule has 3 N–H and O–H groups in total. The standard InChI is InChI=1S/C24H27N5O4S/c1-17-14-20(16-26-27-24(30)19-6-8-21(25)9-7-19)18(2)29(17)22-4-3-5-23(15-22)34(31,32)28-10-12-33-13-11-28/h3-9,14-16H,10-13,25H2,1-2H3,(H,27,30)/b26-16+. The molecule has 3 aromatic rings. The van der Waals surface area contributed by atoms with Crippen LogP contribution in [0, 0.1) is 13.8 Å². The van der Waals surface area contributed by atoms with Crippen molar-refractivity contribution in [2.24, 2.45) is 5.10 Å². The average Bonchev–Trinajstić information content (AvgIpc) is 3.12. The molecule has 1 aromatic heterocycles. The van der Waals surface area contributed by atoms with Gasteiger partial charge in [-0.15, -0.1) is 0 Å². The molecule has 1 aliphatic heterocycles. The molecule has 0 aliphatic carbocycles. The maximum atomic E-state index is 13.1. The number of nitrogens with two attached hydrogens (primary N) is 1. The number of ether oxygens (including phenoxy) is 1. The lowest BCUT2D eigenvalue weighted by Crippen LogP contribution is -2.40. The highest BCUT2D eigenvalue weighted by atomic mass is 32.2. The van der Waals surface area contributed by atoms with Crippen molar-refractivity contribution < 1.29 is 17.9 Å². The number of amides is 1. The van der Waals surface area contributed by atoms with E-state index in [4.69, 9.17) is 10.5 Å². The Balaban J connectivity index is 1.55. The van der Waals surface area contributed by atoms with Crippen LogP contribution in [0.4, 0.5) is 5.69 Å². The number of rotatable bonds is 6. The van der Waals surface area contributed by atoms with Crippen molar-refractivity contribution >= 4 is 27.8 Å². The van der Waals surface area contributed by atoms with E-state index in [0.717, 1.165) is 22.6 Å². The third-order valence-corrected chi connectivity index (χ3v) is 7.59. The summed E-state index contributed by atoms with van der Waals surface area (Å²) in [6.45, 7) is 5.33. The minimum absolute atomic E-state index is 0.241. The summed E-state index contributed by atoms with van der Waals surface area (Å²) in [7, 11) is -3.61. The van der Waals surface area contributed by atoms with Crippen LogP contribution in [0.2, 0.25) is 0 Å². The van der Waals surface area contributed by atoms with Crippen molar-refractivity contribution in [2.45, 2.75) is 18.7 Å². The van der Waals surface area contributed by atoms with Crippen molar-refractivity contribution in [1.29, 1.82) is 0 Å². The van der Waals surface area contributed by atoms with Gasteiger partial charge in [-0.2, -0.15) is 9.41 Å². The summed E-state index contributed by atoms with van der Waals surface area (Å²) in [6.07, 6.45) is 1.57. The number of hydrazone groups is 1. The van der Waals surface area contributed by atoms with Gasteiger partial charge in [-0.3, -0.25) is 4.79 Å². The van der Waals surface area contributed by atoms with Crippen molar-refractivity contribution in [3.05, 3.63) is 77.1 Å². The Morgan fingerprint density at radius 3 is 2.50 bits per heavy atom. The van der Waals surface area contributed by atoms with Gasteiger partial charge in [0.2, 0.25) is 10.0 Å². The molecule has 1 fully saturated rings. The molecule has 1 amide bonds. The van der Waals surface area contributed by atoms with E-state index < -0.39 is 10.0 Å². The SMILES string of the molecule is Cc1cc(/C=N/NC(=O)c2ccc(N)cc2)c(C)n1-c1cccc(S(=O)(=O)N2CCOCC2)c1. The Morgan fingerprint density at radius 2 is 1.79 bits per heavy atom. The van der Waals surface area contributed by atoms with Crippen LogP contribution in [0.3, 0.4) is 0 Å². The lowest BCUT2D eigenvalue weighted by Gasteiger charge is -2.26. The number of nitrogens with one attached hydrogen (secondary N) is 1. The van der Waals surface area contributed by atoms with E-state index >= 15 is 0 Å². The number of anilines is 1. The first kappa shape index (κ1) is 23.7. The van der Waals surface area contributed by atoms with Crippen molar-refractivity contribution in [2.75, 3.05) is 32.0 Å². The molecule has 178 valence electrons. The van der Waals surface area contributed by atoms with Gasteiger partial charge in [0.15, 0.2) is 0 Å². The molecular formula is C24H27N5O4S. The highest BCUT2D eigenvalue weighted by Crippen LogP contribution is 2.24. The monoisotopic (exact) mass is 481 g/mol. The zero-order valence-electron chi connectivity index (χ0n) is 19.1. The number of hydrogen-bond donors (Lipinski definition) is 2. The smallest absolute Gasteiger partial charge is 0.271 e. The summed E-state index contributed by atoms with van der Waals surface area (Å²) < 4.78 is 34.9. The highest BCUT2D eigenvalue weighted by molar-refractivity contribution is 7.89. The van der Waals surface area contributed by atoms with E-state index in [1.54, 1.807) is 48.7 Å². The van der Waals surface area contributed by atoms with E-state index in [1.165, 1.54) is 4.31 Å². The summed E-state index contributed by atoms with van der Waals surface area (Å²) in [5.74, 6) is -0.342. The first-order chi connectivity index (χ1) is 16.3.